The number of methoxy groups -OCH3 is 2. The number of pyridine rings is 1. The Kier molecular flexibility index (Phi) is 4.68. The minimum absolute atomic E-state index is 0.146. The Morgan fingerprint density at radius 3 is 2.39 bits per heavy atom. The van der Waals surface area contributed by atoms with Crippen LogP contribution in [0, 0.1) is 0 Å². The van der Waals surface area contributed by atoms with Crippen LogP contribution in [0.5, 0.6) is 11.5 Å². The van der Waals surface area contributed by atoms with Crippen LogP contribution in [0.1, 0.15) is 15.9 Å². The van der Waals surface area contributed by atoms with E-state index in [1.54, 1.807) is 44.8 Å². The molecule has 2 aromatic heterocycles. The Hall–Kier alpha value is -3.80. The van der Waals surface area contributed by atoms with Crippen molar-refractivity contribution in [2.45, 2.75) is 0 Å². The number of aromatic nitrogens is 2. The molecule has 0 aliphatic heterocycles. The molecule has 0 unspecified atom stereocenters. The molecule has 0 aliphatic rings. The number of carbonyl (C=O) groups excluding carboxylic acids is 1. The zero-order chi connectivity index (χ0) is 19.5. The van der Waals surface area contributed by atoms with Crippen molar-refractivity contribution < 1.29 is 14.3 Å². The van der Waals surface area contributed by atoms with Gasteiger partial charge in [-0.05, 0) is 30.3 Å². The van der Waals surface area contributed by atoms with E-state index in [-0.39, 0.29) is 5.78 Å². The predicted molar refractivity (Wildman–Crippen MR) is 109 cm³/mol. The Morgan fingerprint density at radius 2 is 1.71 bits per heavy atom. The fourth-order valence-corrected chi connectivity index (χ4v) is 3.11. The van der Waals surface area contributed by atoms with Crippen molar-refractivity contribution in [2.24, 2.45) is 0 Å². The van der Waals surface area contributed by atoms with E-state index < -0.39 is 0 Å². The summed E-state index contributed by atoms with van der Waals surface area (Å²) in [7, 11) is 3.11. The monoisotopic (exact) mass is 373 g/mol. The van der Waals surface area contributed by atoms with Crippen molar-refractivity contribution in [3.8, 4) is 11.5 Å². The Balaban J connectivity index is 1.80. The Bertz CT molecular complexity index is 1110. The number of ether oxygens (including phenoxy) is 2. The summed E-state index contributed by atoms with van der Waals surface area (Å²) in [5.41, 5.74) is 3.37. The lowest BCUT2D eigenvalue weighted by molar-refractivity contribution is 0.103. The van der Waals surface area contributed by atoms with Gasteiger partial charge in [0.05, 0.1) is 30.9 Å². The van der Waals surface area contributed by atoms with E-state index in [0.29, 0.717) is 28.3 Å². The molecule has 0 saturated heterocycles. The number of ketones is 1. The molecule has 6 heteroatoms. The zero-order valence-electron chi connectivity index (χ0n) is 15.5. The molecule has 0 fully saturated rings. The number of nitrogens with one attached hydrogen (secondary N) is 2. The molecule has 2 aromatic carbocycles. The molecule has 0 amide bonds. The highest BCUT2D eigenvalue weighted by molar-refractivity contribution is 6.18. The minimum atomic E-state index is -0.146. The lowest BCUT2D eigenvalue weighted by Gasteiger charge is -2.10. The Morgan fingerprint density at radius 1 is 1.00 bits per heavy atom. The van der Waals surface area contributed by atoms with Crippen molar-refractivity contribution in [1.29, 1.82) is 0 Å². The Labute approximate surface area is 162 Å². The topological polar surface area (TPSA) is 76.2 Å². The summed E-state index contributed by atoms with van der Waals surface area (Å²) in [6, 6.07) is 16.8. The van der Waals surface area contributed by atoms with Gasteiger partial charge in [-0.1, -0.05) is 18.2 Å². The molecule has 0 atom stereocenters. The first-order valence-corrected chi connectivity index (χ1v) is 8.75. The third kappa shape index (κ3) is 3.27. The van der Waals surface area contributed by atoms with Gasteiger partial charge in [0.25, 0.3) is 0 Å². The van der Waals surface area contributed by atoms with Gasteiger partial charge in [-0.2, -0.15) is 0 Å². The number of hydrogen-bond acceptors (Lipinski definition) is 5. The molecule has 140 valence electrons. The third-order valence-corrected chi connectivity index (χ3v) is 4.48. The van der Waals surface area contributed by atoms with E-state index in [1.165, 1.54) is 0 Å². The van der Waals surface area contributed by atoms with E-state index >= 15 is 0 Å². The molecule has 0 spiro atoms. The van der Waals surface area contributed by atoms with Gasteiger partial charge in [-0.15, -0.1) is 0 Å². The average Bonchev–Trinajstić information content (AvgIpc) is 3.18. The SMILES string of the molecule is COc1cc(OC)cc(C(=O)c2c[nH]c3nccc(Nc4ccccc4)c23)c1. The number of para-hydroxylation sites is 1. The van der Waals surface area contributed by atoms with Gasteiger partial charge in [0.1, 0.15) is 17.1 Å². The molecule has 4 rings (SSSR count). The maximum atomic E-state index is 13.3. The summed E-state index contributed by atoms with van der Waals surface area (Å²) in [4.78, 5) is 20.7. The van der Waals surface area contributed by atoms with Gasteiger partial charge < -0.3 is 19.8 Å². The van der Waals surface area contributed by atoms with Gasteiger partial charge in [-0.3, -0.25) is 4.79 Å². The molecule has 4 aromatic rings. The highest BCUT2D eigenvalue weighted by atomic mass is 16.5. The second-order valence-corrected chi connectivity index (χ2v) is 6.21. The summed E-state index contributed by atoms with van der Waals surface area (Å²) in [5, 5.41) is 4.10. The number of benzene rings is 2. The van der Waals surface area contributed by atoms with Crippen LogP contribution in [0.25, 0.3) is 11.0 Å². The van der Waals surface area contributed by atoms with Crippen LogP contribution in [-0.4, -0.2) is 30.0 Å². The van der Waals surface area contributed by atoms with Gasteiger partial charge in [0, 0.05) is 29.7 Å². The molecule has 0 saturated carbocycles. The third-order valence-electron chi connectivity index (χ3n) is 4.48. The quantitative estimate of drug-likeness (QED) is 0.485. The predicted octanol–water partition coefficient (Wildman–Crippen LogP) is 4.55. The number of carbonyl (C=O) groups is 1. The molecular weight excluding hydrogens is 354 g/mol. The van der Waals surface area contributed by atoms with E-state index in [0.717, 1.165) is 16.8 Å². The number of nitrogens with zero attached hydrogens (tertiary/aromatic N) is 1. The number of anilines is 2. The normalized spacial score (nSPS) is 10.6. The molecule has 0 bridgehead atoms. The van der Waals surface area contributed by atoms with Gasteiger partial charge in [0.2, 0.25) is 0 Å². The van der Waals surface area contributed by atoms with E-state index in [9.17, 15) is 4.79 Å². The lowest BCUT2D eigenvalue weighted by Crippen LogP contribution is -2.03. The number of H-pyrrole nitrogens is 1. The number of hydrogen-bond donors (Lipinski definition) is 2. The van der Waals surface area contributed by atoms with Gasteiger partial charge in [-0.25, -0.2) is 4.98 Å². The van der Waals surface area contributed by atoms with E-state index in [1.807, 2.05) is 36.4 Å². The van der Waals surface area contributed by atoms with Crippen LogP contribution in [0.4, 0.5) is 11.4 Å². The first-order valence-electron chi connectivity index (χ1n) is 8.75. The summed E-state index contributed by atoms with van der Waals surface area (Å²) in [5.74, 6) is 0.971. The zero-order valence-corrected chi connectivity index (χ0v) is 15.5. The average molecular weight is 373 g/mol. The largest absolute Gasteiger partial charge is 0.497 e. The molecule has 28 heavy (non-hydrogen) atoms. The smallest absolute Gasteiger partial charge is 0.195 e. The molecule has 0 radical (unpaired) electrons. The van der Waals surface area contributed by atoms with Crippen molar-refractivity contribution in [1.82, 2.24) is 9.97 Å². The summed E-state index contributed by atoms with van der Waals surface area (Å²) >= 11 is 0. The second-order valence-electron chi connectivity index (χ2n) is 6.21. The summed E-state index contributed by atoms with van der Waals surface area (Å²) < 4.78 is 10.6. The first-order chi connectivity index (χ1) is 13.7. The van der Waals surface area contributed by atoms with E-state index in [2.05, 4.69) is 15.3 Å². The maximum absolute atomic E-state index is 13.3. The summed E-state index contributed by atoms with van der Waals surface area (Å²) in [6.45, 7) is 0. The number of fused-ring (bicyclic) bond motifs is 1. The highest BCUT2D eigenvalue weighted by Crippen LogP contribution is 2.31. The van der Waals surface area contributed by atoms with Crippen molar-refractivity contribution >= 4 is 28.2 Å². The first kappa shape index (κ1) is 17.6. The summed E-state index contributed by atoms with van der Waals surface area (Å²) in [6.07, 6.45) is 3.38. The van der Waals surface area contributed by atoms with Crippen molar-refractivity contribution in [2.75, 3.05) is 19.5 Å². The maximum Gasteiger partial charge on any atom is 0.195 e. The molecule has 2 N–H and O–H groups in total. The number of aromatic amines is 1. The van der Waals surface area contributed by atoms with Crippen molar-refractivity contribution in [3.05, 3.63) is 78.1 Å². The van der Waals surface area contributed by atoms with Crippen LogP contribution in [0.15, 0.2) is 67.0 Å². The molecule has 6 nitrogen and oxygen atoms in total. The molecular formula is C22H19N3O3. The molecule has 0 aliphatic carbocycles. The minimum Gasteiger partial charge on any atom is -0.497 e. The van der Waals surface area contributed by atoms with E-state index in [4.69, 9.17) is 9.47 Å². The second kappa shape index (κ2) is 7.44. The van der Waals surface area contributed by atoms with Crippen molar-refractivity contribution in [3.63, 3.8) is 0 Å². The standard InChI is InChI=1S/C22H19N3O3/c1-27-16-10-14(11-17(12-16)28-2)21(26)18-13-24-22-20(18)19(8-9-23-22)25-15-6-4-3-5-7-15/h3-13H,1-2H3,(H2,23,24,25). The van der Waals surface area contributed by atoms with Gasteiger partial charge >= 0.3 is 0 Å². The lowest BCUT2D eigenvalue weighted by atomic mass is 10.0. The fourth-order valence-electron chi connectivity index (χ4n) is 3.11. The van der Waals surface area contributed by atoms with Crippen LogP contribution >= 0.6 is 0 Å². The molecule has 2 heterocycles. The van der Waals surface area contributed by atoms with Crippen LogP contribution in [-0.2, 0) is 0 Å². The highest BCUT2D eigenvalue weighted by Gasteiger charge is 2.19. The van der Waals surface area contributed by atoms with Crippen LogP contribution < -0.4 is 14.8 Å². The van der Waals surface area contributed by atoms with Crippen LogP contribution in [0.2, 0.25) is 0 Å². The van der Waals surface area contributed by atoms with Gasteiger partial charge in [0.15, 0.2) is 5.78 Å². The van der Waals surface area contributed by atoms with Crippen LogP contribution in [0.3, 0.4) is 0 Å². The number of rotatable bonds is 6. The fraction of sp³-hybridized carbons (Fsp3) is 0.0909.